The molecule has 2 aromatic carbocycles. The maximum Gasteiger partial charge on any atom is 0.340 e. The van der Waals surface area contributed by atoms with Gasteiger partial charge in [0.2, 0.25) is 11.3 Å². The van der Waals surface area contributed by atoms with E-state index in [1.807, 2.05) is 0 Å². The molecule has 0 fully saturated rings. The van der Waals surface area contributed by atoms with E-state index in [1.165, 1.54) is 10.8 Å². The zero-order valence-electron chi connectivity index (χ0n) is 19.3. The number of carbonyl (C=O) groups is 3. The maximum absolute atomic E-state index is 13.1. The minimum atomic E-state index is -0.551. The molecule has 176 valence electrons. The normalized spacial score (nSPS) is 10.7. The number of pyridine rings is 2. The predicted molar refractivity (Wildman–Crippen MR) is 132 cm³/mol. The molecule has 0 bridgehead atoms. The van der Waals surface area contributed by atoms with E-state index in [2.05, 4.69) is 10.3 Å². The summed E-state index contributed by atoms with van der Waals surface area (Å²) >= 11 is 0. The summed E-state index contributed by atoms with van der Waals surface area (Å²) in [5.41, 5.74) is 1.31. The van der Waals surface area contributed by atoms with Gasteiger partial charge in [-0.3, -0.25) is 14.4 Å². The van der Waals surface area contributed by atoms with Crippen molar-refractivity contribution >= 4 is 34.4 Å². The Kier molecular flexibility index (Phi) is 6.82. The number of rotatable bonds is 7. The van der Waals surface area contributed by atoms with Crippen LogP contribution in [0.5, 0.6) is 0 Å². The number of aromatic nitrogens is 2. The van der Waals surface area contributed by atoms with Crippen LogP contribution in [0.2, 0.25) is 0 Å². The molecule has 8 heteroatoms. The fraction of sp³-hybridized carbons (Fsp3) is 0.148. The zero-order chi connectivity index (χ0) is 24.9. The SMILES string of the molecule is CCOC(=O)c1ccccc1NC(=O)Cn1cc(C(=O)c2ccccc2)c(=O)c2ccc(C)nc21. The fourth-order valence-corrected chi connectivity index (χ4v) is 3.71. The van der Waals surface area contributed by atoms with Crippen LogP contribution in [0.4, 0.5) is 5.69 Å². The van der Waals surface area contributed by atoms with Gasteiger partial charge in [-0.15, -0.1) is 0 Å². The molecule has 0 unspecified atom stereocenters. The van der Waals surface area contributed by atoms with Crippen LogP contribution in [0.15, 0.2) is 77.7 Å². The molecule has 0 saturated heterocycles. The average molecular weight is 469 g/mol. The van der Waals surface area contributed by atoms with Crippen molar-refractivity contribution < 1.29 is 19.1 Å². The molecule has 4 rings (SSSR count). The number of anilines is 1. The van der Waals surface area contributed by atoms with Crippen molar-refractivity contribution in [3.63, 3.8) is 0 Å². The molecule has 1 amide bonds. The Bertz CT molecular complexity index is 1490. The van der Waals surface area contributed by atoms with E-state index < -0.39 is 23.1 Å². The van der Waals surface area contributed by atoms with Crippen LogP contribution >= 0.6 is 0 Å². The lowest BCUT2D eigenvalue weighted by Crippen LogP contribution is -2.25. The number of aryl methyl sites for hydroxylation is 1. The van der Waals surface area contributed by atoms with Crippen molar-refractivity contribution in [1.29, 1.82) is 0 Å². The van der Waals surface area contributed by atoms with Crippen molar-refractivity contribution in [3.8, 4) is 0 Å². The van der Waals surface area contributed by atoms with Crippen molar-refractivity contribution in [2.75, 3.05) is 11.9 Å². The molecular formula is C27H23N3O5. The second-order valence-corrected chi connectivity index (χ2v) is 7.83. The largest absolute Gasteiger partial charge is 0.462 e. The Hall–Kier alpha value is -4.59. The lowest BCUT2D eigenvalue weighted by molar-refractivity contribution is -0.116. The Morgan fingerprint density at radius 3 is 2.40 bits per heavy atom. The van der Waals surface area contributed by atoms with Gasteiger partial charge < -0.3 is 14.6 Å². The highest BCUT2D eigenvalue weighted by molar-refractivity contribution is 6.10. The van der Waals surface area contributed by atoms with E-state index in [-0.39, 0.29) is 35.3 Å². The standard InChI is InChI=1S/C27H23N3O5/c1-3-35-27(34)19-11-7-8-12-22(19)29-23(31)16-30-15-21(24(32)18-9-5-4-6-10-18)25(33)20-14-13-17(2)28-26(20)30/h4-15H,3,16H2,1-2H3,(H,29,31). The molecule has 0 atom stereocenters. The number of para-hydroxylation sites is 1. The van der Waals surface area contributed by atoms with Gasteiger partial charge in [0.25, 0.3) is 0 Å². The van der Waals surface area contributed by atoms with Crippen LogP contribution in [-0.2, 0) is 16.1 Å². The number of nitrogens with zero attached hydrogens (tertiary/aromatic N) is 2. The van der Waals surface area contributed by atoms with Gasteiger partial charge in [0.1, 0.15) is 12.2 Å². The van der Waals surface area contributed by atoms with Gasteiger partial charge in [0.05, 0.1) is 28.8 Å². The molecule has 2 aromatic heterocycles. The van der Waals surface area contributed by atoms with Gasteiger partial charge in [0.15, 0.2) is 5.78 Å². The molecule has 8 nitrogen and oxygen atoms in total. The van der Waals surface area contributed by atoms with E-state index in [0.717, 1.165) is 0 Å². The van der Waals surface area contributed by atoms with Crippen molar-refractivity contribution in [1.82, 2.24) is 9.55 Å². The summed E-state index contributed by atoms with van der Waals surface area (Å²) in [5.74, 6) is -1.46. The summed E-state index contributed by atoms with van der Waals surface area (Å²) < 4.78 is 6.53. The average Bonchev–Trinajstić information content (AvgIpc) is 2.86. The van der Waals surface area contributed by atoms with E-state index in [4.69, 9.17) is 4.74 Å². The zero-order valence-corrected chi connectivity index (χ0v) is 19.3. The third kappa shape index (κ3) is 5.01. The molecule has 1 N–H and O–H groups in total. The number of ketones is 1. The van der Waals surface area contributed by atoms with Crippen LogP contribution in [0.3, 0.4) is 0 Å². The van der Waals surface area contributed by atoms with Crippen LogP contribution < -0.4 is 10.7 Å². The van der Waals surface area contributed by atoms with Crippen molar-refractivity contribution in [2.24, 2.45) is 0 Å². The lowest BCUT2D eigenvalue weighted by atomic mass is 10.0. The Morgan fingerprint density at radius 2 is 1.66 bits per heavy atom. The number of fused-ring (bicyclic) bond motifs is 1. The third-order valence-electron chi connectivity index (χ3n) is 5.35. The maximum atomic E-state index is 13.1. The summed E-state index contributed by atoms with van der Waals surface area (Å²) in [4.78, 5) is 55.9. The molecule has 0 aliphatic rings. The van der Waals surface area contributed by atoms with Gasteiger partial charge in [-0.1, -0.05) is 42.5 Å². The number of nitrogens with one attached hydrogen (secondary N) is 1. The number of benzene rings is 2. The van der Waals surface area contributed by atoms with E-state index in [1.54, 1.807) is 80.6 Å². The number of hydrogen-bond donors (Lipinski definition) is 1. The smallest absolute Gasteiger partial charge is 0.340 e. The van der Waals surface area contributed by atoms with Crippen molar-refractivity contribution in [2.45, 2.75) is 20.4 Å². The molecule has 0 aliphatic carbocycles. The Morgan fingerprint density at radius 1 is 0.943 bits per heavy atom. The van der Waals surface area contributed by atoms with Gasteiger partial charge in [-0.2, -0.15) is 0 Å². The summed E-state index contributed by atoms with van der Waals surface area (Å²) in [6.45, 7) is 3.43. The quantitative estimate of drug-likeness (QED) is 0.326. The molecular weight excluding hydrogens is 446 g/mol. The summed E-state index contributed by atoms with van der Waals surface area (Å²) in [7, 11) is 0. The molecule has 4 aromatic rings. The highest BCUT2D eigenvalue weighted by Gasteiger charge is 2.20. The van der Waals surface area contributed by atoms with E-state index in [9.17, 15) is 19.2 Å². The van der Waals surface area contributed by atoms with Gasteiger partial charge >= 0.3 is 5.97 Å². The lowest BCUT2D eigenvalue weighted by Gasteiger charge is -2.14. The highest BCUT2D eigenvalue weighted by Crippen LogP contribution is 2.18. The summed E-state index contributed by atoms with van der Waals surface area (Å²) in [6.07, 6.45) is 1.36. The first-order chi connectivity index (χ1) is 16.9. The van der Waals surface area contributed by atoms with Gasteiger partial charge in [-0.05, 0) is 38.1 Å². The molecule has 2 heterocycles. The number of amides is 1. The number of hydrogen-bond acceptors (Lipinski definition) is 6. The minimum absolute atomic E-state index is 0.0610. The van der Waals surface area contributed by atoms with Crippen LogP contribution in [0.25, 0.3) is 11.0 Å². The summed E-state index contributed by atoms with van der Waals surface area (Å²) in [5, 5.41) is 2.95. The molecule has 0 radical (unpaired) electrons. The Balaban J connectivity index is 1.73. The van der Waals surface area contributed by atoms with Gasteiger partial charge in [-0.25, -0.2) is 9.78 Å². The van der Waals surface area contributed by atoms with E-state index in [0.29, 0.717) is 16.9 Å². The number of esters is 1. The first-order valence-corrected chi connectivity index (χ1v) is 11.1. The molecule has 0 spiro atoms. The van der Waals surface area contributed by atoms with Gasteiger partial charge in [0, 0.05) is 17.5 Å². The second-order valence-electron chi connectivity index (χ2n) is 7.83. The number of carbonyl (C=O) groups excluding carboxylic acids is 3. The van der Waals surface area contributed by atoms with Crippen LogP contribution in [0, 0.1) is 6.92 Å². The Labute approximate surface area is 201 Å². The van der Waals surface area contributed by atoms with Crippen molar-refractivity contribution in [3.05, 3.63) is 106 Å². The van der Waals surface area contributed by atoms with Crippen LogP contribution in [-0.4, -0.2) is 33.8 Å². The fourth-order valence-electron chi connectivity index (χ4n) is 3.71. The second kappa shape index (κ2) is 10.1. The third-order valence-corrected chi connectivity index (χ3v) is 5.35. The monoisotopic (exact) mass is 469 g/mol. The minimum Gasteiger partial charge on any atom is -0.462 e. The first-order valence-electron chi connectivity index (χ1n) is 11.1. The number of ether oxygens (including phenoxy) is 1. The molecule has 0 aliphatic heterocycles. The first kappa shape index (κ1) is 23.6. The molecule has 0 saturated carbocycles. The molecule has 35 heavy (non-hydrogen) atoms. The van der Waals surface area contributed by atoms with E-state index >= 15 is 0 Å². The predicted octanol–water partition coefficient (Wildman–Crippen LogP) is 3.75. The topological polar surface area (TPSA) is 107 Å². The highest BCUT2D eigenvalue weighted by atomic mass is 16.5. The van der Waals surface area contributed by atoms with Crippen LogP contribution in [0.1, 0.15) is 38.9 Å². The summed E-state index contributed by atoms with van der Waals surface area (Å²) in [6, 6.07) is 18.3.